The van der Waals surface area contributed by atoms with Gasteiger partial charge in [-0.25, -0.2) is 0 Å². The van der Waals surface area contributed by atoms with Crippen LogP contribution in [0.2, 0.25) is 0 Å². The van der Waals surface area contributed by atoms with Gasteiger partial charge in [0.05, 0.1) is 25.4 Å². The number of allylic oxidation sites excluding steroid dienone is 1. The fourth-order valence-electron chi connectivity index (χ4n) is 3.09. The number of aliphatic imine (C=N–C) groups is 1. The van der Waals surface area contributed by atoms with Gasteiger partial charge in [0.2, 0.25) is 5.88 Å². The maximum absolute atomic E-state index is 5.89. The van der Waals surface area contributed by atoms with Gasteiger partial charge in [-0.15, -0.1) is 0 Å². The molecule has 1 saturated heterocycles. The Hall–Kier alpha value is -1.27. The van der Waals surface area contributed by atoms with Crippen molar-refractivity contribution in [2.75, 3.05) is 26.3 Å². The molecule has 6 nitrogen and oxygen atoms in total. The summed E-state index contributed by atoms with van der Waals surface area (Å²) in [5, 5.41) is 0. The molecule has 0 aromatic heterocycles. The summed E-state index contributed by atoms with van der Waals surface area (Å²) in [5.41, 5.74) is 12.1. The standard InChI is InChI=1S/C16H30N4O2/c1-12(2)22-16(18)15(17)11-19-13-3-5-14(6-4-13)20-7-9-21-10-8-20/h11-14H,3-10,17-18H2,1-2H3. The number of ether oxygens (including phenoxy) is 2. The van der Waals surface area contributed by atoms with Gasteiger partial charge in [-0.2, -0.15) is 0 Å². The van der Waals surface area contributed by atoms with E-state index < -0.39 is 0 Å². The molecule has 0 bridgehead atoms. The van der Waals surface area contributed by atoms with Crippen molar-refractivity contribution in [3.05, 3.63) is 11.6 Å². The van der Waals surface area contributed by atoms with Gasteiger partial charge in [0, 0.05) is 25.3 Å². The van der Waals surface area contributed by atoms with E-state index in [1.165, 1.54) is 12.8 Å². The lowest BCUT2D eigenvalue weighted by Gasteiger charge is -2.38. The lowest BCUT2D eigenvalue weighted by Crippen LogP contribution is -2.45. The molecule has 0 radical (unpaired) electrons. The molecule has 0 unspecified atom stereocenters. The molecule has 6 heteroatoms. The minimum atomic E-state index is 0.0240. The van der Waals surface area contributed by atoms with Crippen molar-refractivity contribution in [1.29, 1.82) is 0 Å². The van der Waals surface area contributed by atoms with E-state index in [9.17, 15) is 0 Å². The highest BCUT2D eigenvalue weighted by Crippen LogP contribution is 2.25. The maximum atomic E-state index is 5.89. The van der Waals surface area contributed by atoms with E-state index in [4.69, 9.17) is 20.9 Å². The lowest BCUT2D eigenvalue weighted by molar-refractivity contribution is 0.00755. The summed E-state index contributed by atoms with van der Waals surface area (Å²) in [6.45, 7) is 7.71. The Kier molecular flexibility index (Phi) is 6.51. The van der Waals surface area contributed by atoms with Crippen LogP contribution < -0.4 is 11.5 Å². The van der Waals surface area contributed by atoms with Crippen LogP contribution in [0.5, 0.6) is 0 Å². The normalized spacial score (nSPS) is 28.9. The van der Waals surface area contributed by atoms with Crippen LogP contribution in [-0.2, 0) is 9.47 Å². The molecule has 0 amide bonds. The maximum Gasteiger partial charge on any atom is 0.209 e. The number of hydrogen-bond donors (Lipinski definition) is 2. The van der Waals surface area contributed by atoms with Crippen LogP contribution in [0.3, 0.4) is 0 Å². The Morgan fingerprint density at radius 3 is 2.41 bits per heavy atom. The average molecular weight is 310 g/mol. The molecule has 1 aliphatic heterocycles. The zero-order valence-corrected chi connectivity index (χ0v) is 13.8. The van der Waals surface area contributed by atoms with Gasteiger partial charge in [-0.3, -0.25) is 9.89 Å². The Labute approximate surface area is 133 Å². The lowest BCUT2D eigenvalue weighted by atomic mass is 9.90. The molecule has 2 aliphatic rings. The van der Waals surface area contributed by atoms with Crippen LogP contribution in [0.15, 0.2) is 16.6 Å². The first-order chi connectivity index (χ1) is 10.6. The third kappa shape index (κ3) is 5.18. The summed E-state index contributed by atoms with van der Waals surface area (Å²) in [7, 11) is 0. The molecule has 2 fully saturated rings. The van der Waals surface area contributed by atoms with Crippen LogP contribution >= 0.6 is 0 Å². The molecule has 0 aromatic rings. The minimum Gasteiger partial charge on any atom is -0.475 e. The number of hydrogen-bond acceptors (Lipinski definition) is 6. The van der Waals surface area contributed by atoms with Gasteiger partial charge in [0.1, 0.15) is 5.70 Å². The zero-order chi connectivity index (χ0) is 15.9. The van der Waals surface area contributed by atoms with Gasteiger partial charge in [-0.05, 0) is 39.5 Å². The molecule has 0 aromatic carbocycles. The molecule has 22 heavy (non-hydrogen) atoms. The largest absolute Gasteiger partial charge is 0.475 e. The van der Waals surface area contributed by atoms with E-state index in [1.807, 2.05) is 13.8 Å². The van der Waals surface area contributed by atoms with Gasteiger partial charge < -0.3 is 20.9 Å². The molecule has 4 N–H and O–H groups in total. The zero-order valence-electron chi connectivity index (χ0n) is 13.8. The monoisotopic (exact) mass is 310 g/mol. The summed E-state index contributed by atoms with van der Waals surface area (Å²) in [6, 6.07) is 1.04. The Balaban J connectivity index is 1.78. The van der Waals surface area contributed by atoms with E-state index in [-0.39, 0.29) is 12.0 Å². The first-order valence-corrected chi connectivity index (χ1v) is 8.33. The smallest absolute Gasteiger partial charge is 0.209 e. The third-order valence-corrected chi connectivity index (χ3v) is 4.30. The summed E-state index contributed by atoms with van der Waals surface area (Å²) in [6.07, 6.45) is 6.30. The summed E-state index contributed by atoms with van der Waals surface area (Å²) >= 11 is 0. The highest BCUT2D eigenvalue weighted by atomic mass is 16.5. The first-order valence-electron chi connectivity index (χ1n) is 8.33. The number of morpholine rings is 1. The third-order valence-electron chi connectivity index (χ3n) is 4.30. The van der Waals surface area contributed by atoms with Crippen molar-refractivity contribution < 1.29 is 9.47 Å². The molecule has 126 valence electrons. The Bertz CT molecular complexity index is 395. The number of rotatable bonds is 5. The number of nitrogens with two attached hydrogens (primary N) is 2. The van der Waals surface area contributed by atoms with Gasteiger partial charge in [0.25, 0.3) is 0 Å². The Morgan fingerprint density at radius 2 is 1.82 bits per heavy atom. The van der Waals surface area contributed by atoms with Crippen molar-refractivity contribution >= 4 is 6.21 Å². The van der Waals surface area contributed by atoms with Crippen molar-refractivity contribution in [2.24, 2.45) is 16.5 Å². The summed E-state index contributed by atoms with van der Waals surface area (Å²) < 4.78 is 10.8. The second-order valence-corrected chi connectivity index (χ2v) is 6.38. The molecule has 1 heterocycles. The van der Waals surface area contributed by atoms with E-state index in [2.05, 4.69) is 9.89 Å². The van der Waals surface area contributed by atoms with E-state index in [0.29, 0.717) is 17.8 Å². The van der Waals surface area contributed by atoms with Gasteiger partial charge in [-0.1, -0.05) is 0 Å². The minimum absolute atomic E-state index is 0.0240. The van der Waals surface area contributed by atoms with E-state index in [1.54, 1.807) is 6.21 Å². The highest BCUT2D eigenvalue weighted by molar-refractivity contribution is 5.77. The van der Waals surface area contributed by atoms with Crippen molar-refractivity contribution in [1.82, 2.24) is 4.90 Å². The van der Waals surface area contributed by atoms with Crippen LogP contribution in [0.4, 0.5) is 0 Å². The molecule has 0 spiro atoms. The quantitative estimate of drug-likeness (QED) is 0.589. The first kappa shape index (κ1) is 17.1. The fraction of sp³-hybridized carbons (Fsp3) is 0.812. The average Bonchev–Trinajstić information content (AvgIpc) is 2.53. The van der Waals surface area contributed by atoms with E-state index in [0.717, 1.165) is 39.1 Å². The van der Waals surface area contributed by atoms with Gasteiger partial charge in [0.15, 0.2) is 0 Å². The molecular formula is C16H30N4O2. The van der Waals surface area contributed by atoms with Crippen LogP contribution in [0.1, 0.15) is 39.5 Å². The predicted molar refractivity (Wildman–Crippen MR) is 88.5 cm³/mol. The Morgan fingerprint density at radius 1 is 1.18 bits per heavy atom. The van der Waals surface area contributed by atoms with E-state index >= 15 is 0 Å². The molecular weight excluding hydrogens is 280 g/mol. The second-order valence-electron chi connectivity index (χ2n) is 6.38. The summed E-state index contributed by atoms with van der Waals surface area (Å²) in [5.74, 6) is 0.265. The van der Waals surface area contributed by atoms with Crippen molar-refractivity contribution in [2.45, 2.75) is 57.7 Å². The predicted octanol–water partition coefficient (Wildman–Crippen LogP) is 1.21. The SMILES string of the molecule is CC(C)OC(N)=C(N)C=NC1CCC(N2CCOCC2)CC1. The molecule has 2 rings (SSSR count). The fourth-order valence-corrected chi connectivity index (χ4v) is 3.09. The molecule has 1 aliphatic carbocycles. The number of nitrogens with zero attached hydrogens (tertiary/aromatic N) is 2. The molecule has 1 saturated carbocycles. The summed E-state index contributed by atoms with van der Waals surface area (Å²) in [4.78, 5) is 7.14. The molecule has 0 atom stereocenters. The van der Waals surface area contributed by atoms with Crippen LogP contribution in [-0.4, -0.2) is 55.6 Å². The topological polar surface area (TPSA) is 86.1 Å². The second kappa shape index (κ2) is 8.39. The van der Waals surface area contributed by atoms with Gasteiger partial charge >= 0.3 is 0 Å². The van der Waals surface area contributed by atoms with Crippen LogP contribution in [0.25, 0.3) is 0 Å². The van der Waals surface area contributed by atoms with Crippen LogP contribution in [0, 0.1) is 0 Å². The van der Waals surface area contributed by atoms with Crippen molar-refractivity contribution in [3.63, 3.8) is 0 Å². The van der Waals surface area contributed by atoms with Crippen molar-refractivity contribution in [3.8, 4) is 0 Å². The highest BCUT2D eigenvalue weighted by Gasteiger charge is 2.26.